The fourth-order valence-corrected chi connectivity index (χ4v) is 1.74. The van der Waals surface area contributed by atoms with Crippen molar-refractivity contribution < 1.29 is 19.4 Å². The molecule has 5 heteroatoms. The first-order valence-corrected chi connectivity index (χ1v) is 6.35. The van der Waals surface area contributed by atoms with E-state index in [-0.39, 0.29) is 5.75 Å². The predicted octanol–water partition coefficient (Wildman–Crippen LogP) is 2.64. The third kappa shape index (κ3) is 3.98. The highest BCUT2D eigenvalue weighted by molar-refractivity contribution is 5.78. The normalized spacial score (nSPS) is 14.2. The minimum atomic E-state index is -1.35. The lowest BCUT2D eigenvalue weighted by atomic mass is 9.91. The number of hydrogen-bond acceptors (Lipinski definition) is 4. The van der Waals surface area contributed by atoms with Crippen LogP contribution in [0.15, 0.2) is 18.2 Å². The number of phenolic OH excluding ortho intramolecular Hbond substituents is 1. The standard InChI is InChI=1S/C15H21NO4/c1-10-6-7-12(18)11(8-10)15(5,9-17)16-13(19)20-14(2,3)4/h6-9,18H,1-5H3,(H,16,19). The highest BCUT2D eigenvalue weighted by Crippen LogP contribution is 2.29. The number of carbonyl (C=O) groups is 2. The highest BCUT2D eigenvalue weighted by atomic mass is 16.6. The summed E-state index contributed by atoms with van der Waals surface area (Å²) in [5.74, 6) is -0.0544. The second-order valence-corrected chi connectivity index (χ2v) is 5.97. The molecule has 0 radical (unpaired) electrons. The van der Waals surface area contributed by atoms with Crippen LogP contribution in [0, 0.1) is 6.92 Å². The zero-order chi connectivity index (χ0) is 15.6. The van der Waals surface area contributed by atoms with Crippen molar-refractivity contribution in [2.75, 3.05) is 0 Å². The Morgan fingerprint density at radius 3 is 2.40 bits per heavy atom. The van der Waals surface area contributed by atoms with E-state index in [0.717, 1.165) is 5.56 Å². The van der Waals surface area contributed by atoms with Crippen LogP contribution in [0.4, 0.5) is 4.79 Å². The Labute approximate surface area is 118 Å². The van der Waals surface area contributed by atoms with Crippen LogP contribution in [-0.2, 0) is 15.1 Å². The zero-order valence-electron chi connectivity index (χ0n) is 12.5. The quantitative estimate of drug-likeness (QED) is 0.834. The van der Waals surface area contributed by atoms with Gasteiger partial charge in [-0.15, -0.1) is 0 Å². The van der Waals surface area contributed by atoms with Gasteiger partial charge >= 0.3 is 6.09 Å². The number of amides is 1. The first-order valence-electron chi connectivity index (χ1n) is 6.35. The smallest absolute Gasteiger partial charge is 0.408 e. The number of benzene rings is 1. The summed E-state index contributed by atoms with van der Waals surface area (Å²) in [6.45, 7) is 8.54. The third-order valence-electron chi connectivity index (χ3n) is 2.71. The van der Waals surface area contributed by atoms with Crippen molar-refractivity contribution in [1.29, 1.82) is 0 Å². The first kappa shape index (κ1) is 16.0. The van der Waals surface area contributed by atoms with Gasteiger partial charge < -0.3 is 20.0 Å². The fraction of sp³-hybridized carbons (Fsp3) is 0.467. The van der Waals surface area contributed by atoms with Crippen LogP contribution >= 0.6 is 0 Å². The number of hydrogen-bond donors (Lipinski definition) is 2. The second kappa shape index (κ2) is 5.53. The van der Waals surface area contributed by atoms with Gasteiger partial charge in [0.05, 0.1) is 0 Å². The van der Waals surface area contributed by atoms with Crippen LogP contribution in [0.1, 0.15) is 38.8 Å². The molecule has 0 aliphatic heterocycles. The first-order chi connectivity index (χ1) is 9.07. The average molecular weight is 279 g/mol. The van der Waals surface area contributed by atoms with Crippen LogP contribution in [-0.4, -0.2) is 23.1 Å². The molecule has 5 nitrogen and oxygen atoms in total. The zero-order valence-corrected chi connectivity index (χ0v) is 12.5. The molecule has 1 aromatic rings. The molecule has 0 saturated heterocycles. The summed E-state index contributed by atoms with van der Waals surface area (Å²) in [6, 6.07) is 4.86. The van der Waals surface area contributed by atoms with Gasteiger partial charge in [-0.05, 0) is 46.8 Å². The molecule has 20 heavy (non-hydrogen) atoms. The number of alkyl carbamates (subject to hydrolysis) is 1. The Balaban J connectivity index is 3.06. The Bertz CT molecular complexity index is 519. The van der Waals surface area contributed by atoms with Gasteiger partial charge in [-0.25, -0.2) is 4.79 Å². The van der Waals surface area contributed by atoms with E-state index in [2.05, 4.69) is 5.32 Å². The van der Waals surface area contributed by atoms with E-state index < -0.39 is 17.2 Å². The lowest BCUT2D eigenvalue weighted by molar-refractivity contribution is -0.113. The average Bonchev–Trinajstić information content (AvgIpc) is 2.29. The predicted molar refractivity (Wildman–Crippen MR) is 75.6 cm³/mol. The van der Waals surface area contributed by atoms with Crippen molar-refractivity contribution in [3.63, 3.8) is 0 Å². The molecule has 2 N–H and O–H groups in total. The molecule has 0 saturated carbocycles. The number of aldehydes is 1. The maximum absolute atomic E-state index is 11.8. The van der Waals surface area contributed by atoms with E-state index in [4.69, 9.17) is 4.74 Å². The molecule has 1 atom stereocenters. The van der Waals surface area contributed by atoms with Gasteiger partial charge in [-0.1, -0.05) is 11.6 Å². The number of phenols is 1. The Kier molecular flexibility index (Phi) is 4.43. The molecule has 1 aromatic carbocycles. The maximum Gasteiger partial charge on any atom is 0.408 e. The number of aromatic hydroxyl groups is 1. The van der Waals surface area contributed by atoms with Crippen molar-refractivity contribution >= 4 is 12.4 Å². The molecule has 0 aliphatic rings. The second-order valence-electron chi connectivity index (χ2n) is 5.97. The van der Waals surface area contributed by atoms with Gasteiger partial charge in [0.1, 0.15) is 23.2 Å². The molecule has 0 aliphatic carbocycles. The lowest BCUT2D eigenvalue weighted by Gasteiger charge is -2.28. The van der Waals surface area contributed by atoms with Gasteiger partial charge in [0.2, 0.25) is 0 Å². The fourth-order valence-electron chi connectivity index (χ4n) is 1.74. The topological polar surface area (TPSA) is 75.6 Å². The summed E-state index contributed by atoms with van der Waals surface area (Å²) in [5.41, 5.74) is -0.809. The molecule has 110 valence electrons. The molecule has 0 aromatic heterocycles. The summed E-state index contributed by atoms with van der Waals surface area (Å²) >= 11 is 0. The van der Waals surface area contributed by atoms with Crippen LogP contribution < -0.4 is 5.32 Å². The molecule has 1 rings (SSSR count). The molecule has 0 bridgehead atoms. The number of rotatable bonds is 3. The largest absolute Gasteiger partial charge is 0.508 e. The van der Waals surface area contributed by atoms with Crippen LogP contribution in [0.25, 0.3) is 0 Å². The molecule has 0 heterocycles. The Hall–Kier alpha value is -2.04. The van der Waals surface area contributed by atoms with Crippen molar-refractivity contribution in [3.8, 4) is 5.75 Å². The number of nitrogens with one attached hydrogen (secondary N) is 1. The van der Waals surface area contributed by atoms with E-state index in [1.807, 2.05) is 6.92 Å². The number of aryl methyl sites for hydroxylation is 1. The molecular weight excluding hydrogens is 258 g/mol. The van der Waals surface area contributed by atoms with Gasteiger partial charge in [-0.3, -0.25) is 0 Å². The van der Waals surface area contributed by atoms with E-state index >= 15 is 0 Å². The van der Waals surface area contributed by atoms with E-state index in [1.165, 1.54) is 13.0 Å². The van der Waals surface area contributed by atoms with Crippen molar-refractivity contribution in [2.24, 2.45) is 0 Å². The lowest BCUT2D eigenvalue weighted by Crippen LogP contribution is -2.47. The van der Waals surface area contributed by atoms with Gasteiger partial charge in [-0.2, -0.15) is 0 Å². The number of ether oxygens (including phenoxy) is 1. The molecule has 0 spiro atoms. The Morgan fingerprint density at radius 2 is 1.90 bits per heavy atom. The van der Waals surface area contributed by atoms with Crippen LogP contribution in [0.2, 0.25) is 0 Å². The maximum atomic E-state index is 11.8. The highest BCUT2D eigenvalue weighted by Gasteiger charge is 2.32. The minimum absolute atomic E-state index is 0.0544. The number of carbonyl (C=O) groups excluding carboxylic acids is 2. The SMILES string of the molecule is Cc1ccc(O)c(C(C)(C=O)NC(=O)OC(C)(C)C)c1. The van der Waals surface area contributed by atoms with Crippen LogP contribution in [0.3, 0.4) is 0 Å². The van der Waals surface area contributed by atoms with Gasteiger partial charge in [0.25, 0.3) is 0 Å². The van der Waals surface area contributed by atoms with E-state index in [1.54, 1.807) is 32.9 Å². The van der Waals surface area contributed by atoms with E-state index in [0.29, 0.717) is 11.8 Å². The summed E-state index contributed by atoms with van der Waals surface area (Å²) in [6.07, 6.45) is -0.140. The monoisotopic (exact) mass is 279 g/mol. The molecule has 0 fully saturated rings. The minimum Gasteiger partial charge on any atom is -0.508 e. The summed E-state index contributed by atoms with van der Waals surface area (Å²) in [5, 5.41) is 12.4. The van der Waals surface area contributed by atoms with Crippen molar-refractivity contribution in [2.45, 2.75) is 45.8 Å². The van der Waals surface area contributed by atoms with Crippen molar-refractivity contribution in [1.82, 2.24) is 5.32 Å². The van der Waals surface area contributed by atoms with Gasteiger partial charge in [0.15, 0.2) is 0 Å². The summed E-state index contributed by atoms with van der Waals surface area (Å²) in [4.78, 5) is 23.2. The molecule has 1 unspecified atom stereocenters. The summed E-state index contributed by atoms with van der Waals surface area (Å²) < 4.78 is 5.14. The molecular formula is C15H21NO4. The Morgan fingerprint density at radius 1 is 1.30 bits per heavy atom. The molecule has 1 amide bonds. The van der Waals surface area contributed by atoms with Crippen LogP contribution in [0.5, 0.6) is 5.75 Å². The van der Waals surface area contributed by atoms with Crippen molar-refractivity contribution in [3.05, 3.63) is 29.3 Å². The van der Waals surface area contributed by atoms with E-state index in [9.17, 15) is 14.7 Å². The van der Waals surface area contributed by atoms with Gasteiger partial charge in [0, 0.05) is 5.56 Å². The third-order valence-corrected chi connectivity index (χ3v) is 2.71. The summed E-state index contributed by atoms with van der Waals surface area (Å²) in [7, 11) is 0.